The Morgan fingerprint density at radius 3 is 2.68 bits per heavy atom. The molecule has 4 aliphatic rings. The summed E-state index contributed by atoms with van der Waals surface area (Å²) in [5.41, 5.74) is 2.92. The molecule has 4 fully saturated rings. The molecular formula is C29H37N5O3. The first-order chi connectivity index (χ1) is 18.1. The van der Waals surface area contributed by atoms with Gasteiger partial charge in [0.15, 0.2) is 0 Å². The van der Waals surface area contributed by atoms with Gasteiger partial charge in [0.25, 0.3) is 0 Å². The second-order valence-corrected chi connectivity index (χ2v) is 11.6. The van der Waals surface area contributed by atoms with Crippen molar-refractivity contribution in [3.8, 4) is 5.75 Å². The monoisotopic (exact) mass is 503 g/mol. The number of aromatic nitrogens is 3. The number of benzene rings is 1. The van der Waals surface area contributed by atoms with Crippen LogP contribution in [0, 0.1) is 0 Å². The van der Waals surface area contributed by atoms with Crippen molar-refractivity contribution >= 4 is 22.4 Å². The molecule has 3 aromatic rings. The van der Waals surface area contributed by atoms with Gasteiger partial charge in [-0.25, -0.2) is 9.97 Å². The summed E-state index contributed by atoms with van der Waals surface area (Å²) in [4.78, 5) is 11.5. The van der Waals surface area contributed by atoms with Gasteiger partial charge < -0.3 is 24.5 Å². The molecule has 1 aromatic carbocycles. The number of anilines is 2. The van der Waals surface area contributed by atoms with E-state index in [1.165, 1.54) is 12.8 Å². The van der Waals surface area contributed by atoms with Crippen LogP contribution in [0.3, 0.4) is 0 Å². The molecule has 1 saturated carbocycles. The molecule has 1 atom stereocenters. The summed E-state index contributed by atoms with van der Waals surface area (Å²) in [7, 11) is 0. The fraction of sp³-hybridized carbons (Fsp3) is 0.586. The standard InChI is InChI=1S/C29H37N5O3/c35-23-10-13-33(16-23)21-4-6-22(7-5-21)34-17-27(26-15-30-19-31-28(26)34)32-20-2-1-3-25(14-20)36-18-29-11-8-24(37-29)9-12-29/h1-3,14-15,17,19,21-24,32,35H,4-13,16,18H2/t21?,22?,23-,24?,29?/m0/s1. The summed E-state index contributed by atoms with van der Waals surface area (Å²) in [5.74, 6) is 0.865. The van der Waals surface area contributed by atoms with Gasteiger partial charge >= 0.3 is 0 Å². The van der Waals surface area contributed by atoms with E-state index in [1.807, 2.05) is 18.3 Å². The number of ether oxygens (including phenoxy) is 2. The van der Waals surface area contributed by atoms with Crippen LogP contribution in [0.4, 0.5) is 11.4 Å². The predicted molar refractivity (Wildman–Crippen MR) is 142 cm³/mol. The van der Waals surface area contributed by atoms with Crippen LogP contribution in [-0.2, 0) is 4.74 Å². The highest BCUT2D eigenvalue weighted by Gasteiger charge is 2.46. The number of likely N-dealkylation sites (tertiary alicyclic amines) is 1. The van der Waals surface area contributed by atoms with E-state index in [2.05, 4.69) is 43.1 Å². The first-order valence-corrected chi connectivity index (χ1v) is 14.0. The normalized spacial score (nSPS) is 31.8. The highest BCUT2D eigenvalue weighted by Crippen LogP contribution is 2.44. The van der Waals surface area contributed by atoms with Crippen LogP contribution in [-0.4, -0.2) is 68.1 Å². The Balaban J connectivity index is 1.05. The number of rotatable bonds is 7. The van der Waals surface area contributed by atoms with E-state index < -0.39 is 0 Å². The molecule has 1 aliphatic carbocycles. The van der Waals surface area contributed by atoms with E-state index >= 15 is 0 Å². The molecule has 0 spiro atoms. The van der Waals surface area contributed by atoms with Crippen LogP contribution in [0.15, 0.2) is 43.0 Å². The maximum atomic E-state index is 9.94. The fourth-order valence-corrected chi connectivity index (χ4v) is 7.09. The van der Waals surface area contributed by atoms with Gasteiger partial charge in [0, 0.05) is 49.3 Å². The smallest absolute Gasteiger partial charge is 0.145 e. The van der Waals surface area contributed by atoms with Gasteiger partial charge in [0.1, 0.15) is 29.9 Å². The summed E-state index contributed by atoms with van der Waals surface area (Å²) in [6.07, 6.45) is 16.1. The van der Waals surface area contributed by atoms with Crippen molar-refractivity contribution in [3.05, 3.63) is 43.0 Å². The Hall–Kier alpha value is -2.68. The number of fused-ring (bicyclic) bond motifs is 3. The van der Waals surface area contributed by atoms with Crippen molar-refractivity contribution in [2.75, 3.05) is 25.0 Å². The predicted octanol–water partition coefficient (Wildman–Crippen LogP) is 4.82. The molecule has 0 radical (unpaired) electrons. The second kappa shape index (κ2) is 9.57. The minimum atomic E-state index is -0.147. The average molecular weight is 504 g/mol. The molecule has 2 N–H and O–H groups in total. The molecule has 0 unspecified atom stereocenters. The van der Waals surface area contributed by atoms with Crippen LogP contribution in [0.25, 0.3) is 11.0 Å². The average Bonchev–Trinajstić information content (AvgIpc) is 3.72. The highest BCUT2D eigenvalue weighted by molar-refractivity contribution is 5.92. The number of β-amino-alcohol motifs (C(OH)–C–C–N with tert-alkyl or cyclic N) is 1. The molecule has 2 aromatic heterocycles. The van der Waals surface area contributed by atoms with E-state index in [0.717, 1.165) is 86.2 Å². The third-order valence-electron chi connectivity index (χ3n) is 9.14. The van der Waals surface area contributed by atoms with E-state index in [-0.39, 0.29) is 11.7 Å². The Labute approximate surface area is 218 Å². The van der Waals surface area contributed by atoms with Gasteiger partial charge in [-0.3, -0.25) is 4.90 Å². The minimum absolute atomic E-state index is 0.0769. The number of hydrogen-bond acceptors (Lipinski definition) is 7. The Morgan fingerprint density at radius 1 is 1.08 bits per heavy atom. The van der Waals surface area contributed by atoms with Crippen molar-refractivity contribution in [1.29, 1.82) is 0 Å². The van der Waals surface area contributed by atoms with E-state index in [4.69, 9.17) is 9.47 Å². The maximum Gasteiger partial charge on any atom is 0.145 e. The van der Waals surface area contributed by atoms with Crippen LogP contribution < -0.4 is 10.1 Å². The Morgan fingerprint density at radius 2 is 1.92 bits per heavy atom. The molecule has 196 valence electrons. The van der Waals surface area contributed by atoms with Crippen molar-refractivity contribution in [2.45, 2.75) is 87.7 Å². The zero-order valence-electron chi connectivity index (χ0n) is 21.4. The van der Waals surface area contributed by atoms with Gasteiger partial charge in [0.05, 0.1) is 23.3 Å². The summed E-state index contributed by atoms with van der Waals surface area (Å²) in [6, 6.07) is 9.22. The van der Waals surface area contributed by atoms with Crippen molar-refractivity contribution in [2.24, 2.45) is 0 Å². The zero-order chi connectivity index (χ0) is 24.8. The Bertz CT molecular complexity index is 1250. The summed E-state index contributed by atoms with van der Waals surface area (Å²) < 4.78 is 14.8. The second-order valence-electron chi connectivity index (χ2n) is 11.6. The molecule has 8 heteroatoms. The highest BCUT2D eigenvalue weighted by atomic mass is 16.6. The van der Waals surface area contributed by atoms with E-state index in [0.29, 0.717) is 24.8 Å². The minimum Gasteiger partial charge on any atom is -0.491 e. The van der Waals surface area contributed by atoms with Gasteiger partial charge in [-0.05, 0) is 69.9 Å². The molecule has 2 bridgehead atoms. The van der Waals surface area contributed by atoms with Crippen LogP contribution >= 0.6 is 0 Å². The molecule has 7 rings (SSSR count). The van der Waals surface area contributed by atoms with E-state index in [9.17, 15) is 5.11 Å². The quantitative estimate of drug-likeness (QED) is 0.478. The summed E-state index contributed by atoms with van der Waals surface area (Å²) >= 11 is 0. The third kappa shape index (κ3) is 4.60. The fourth-order valence-electron chi connectivity index (χ4n) is 7.09. The van der Waals surface area contributed by atoms with Gasteiger partial charge in [-0.15, -0.1) is 0 Å². The van der Waals surface area contributed by atoms with Gasteiger partial charge in [-0.1, -0.05) is 6.07 Å². The van der Waals surface area contributed by atoms with Crippen molar-refractivity contribution in [3.63, 3.8) is 0 Å². The molecule has 3 saturated heterocycles. The molecule has 37 heavy (non-hydrogen) atoms. The number of nitrogens with zero attached hydrogens (tertiary/aromatic N) is 4. The summed E-state index contributed by atoms with van der Waals surface area (Å²) in [6.45, 7) is 2.49. The lowest BCUT2D eigenvalue weighted by Gasteiger charge is -2.35. The van der Waals surface area contributed by atoms with Crippen molar-refractivity contribution < 1.29 is 14.6 Å². The molecule has 5 heterocycles. The third-order valence-corrected chi connectivity index (χ3v) is 9.14. The first-order valence-electron chi connectivity index (χ1n) is 14.0. The first kappa shape index (κ1) is 23.4. The number of nitrogens with one attached hydrogen (secondary N) is 1. The van der Waals surface area contributed by atoms with Crippen LogP contribution in [0.2, 0.25) is 0 Å². The van der Waals surface area contributed by atoms with Crippen LogP contribution in [0.1, 0.15) is 63.8 Å². The number of hydrogen-bond donors (Lipinski definition) is 2. The molecule has 0 amide bonds. The number of aliphatic hydroxyl groups is 1. The molecule has 3 aliphatic heterocycles. The molecular weight excluding hydrogens is 466 g/mol. The van der Waals surface area contributed by atoms with Crippen molar-refractivity contribution in [1.82, 2.24) is 19.4 Å². The SMILES string of the molecule is O[C@H]1CCN(C2CCC(n3cc(Nc4cccc(OCC56CCC(CC5)O6)c4)c4cncnc43)CC2)C1. The zero-order valence-corrected chi connectivity index (χ0v) is 21.4. The summed E-state index contributed by atoms with van der Waals surface area (Å²) in [5, 5.41) is 14.6. The lowest BCUT2D eigenvalue weighted by Crippen LogP contribution is -2.37. The maximum absolute atomic E-state index is 9.94. The lowest BCUT2D eigenvalue weighted by atomic mass is 9.89. The lowest BCUT2D eigenvalue weighted by molar-refractivity contribution is -0.0198. The van der Waals surface area contributed by atoms with E-state index in [1.54, 1.807) is 6.33 Å². The molecule has 8 nitrogen and oxygen atoms in total. The van der Waals surface area contributed by atoms with Crippen LogP contribution in [0.5, 0.6) is 5.75 Å². The van der Waals surface area contributed by atoms with Gasteiger partial charge in [-0.2, -0.15) is 0 Å². The number of aliphatic hydroxyl groups excluding tert-OH is 1. The largest absolute Gasteiger partial charge is 0.491 e. The Kier molecular flexibility index (Phi) is 6.06. The topological polar surface area (TPSA) is 84.7 Å². The van der Waals surface area contributed by atoms with Gasteiger partial charge in [0.2, 0.25) is 0 Å².